The number of hydrogen-bond acceptors (Lipinski definition) is 5. The molecule has 0 spiro atoms. The lowest BCUT2D eigenvalue weighted by atomic mass is 9.87. The Labute approximate surface area is 158 Å². The van der Waals surface area contributed by atoms with Crippen molar-refractivity contribution in [2.75, 3.05) is 31.1 Å². The molecule has 2 aromatic heterocycles. The molecule has 5 rings (SSSR count). The summed E-state index contributed by atoms with van der Waals surface area (Å²) in [6.07, 6.45) is 12.8. The third kappa shape index (κ3) is 2.55. The molecule has 2 N–H and O–H groups in total. The van der Waals surface area contributed by atoms with Gasteiger partial charge in [-0.15, -0.1) is 0 Å². The minimum Gasteiger partial charge on any atom is -0.478 e. The van der Waals surface area contributed by atoms with Gasteiger partial charge in [0.1, 0.15) is 6.20 Å². The molecule has 0 amide bonds. The van der Waals surface area contributed by atoms with Crippen LogP contribution in [-0.2, 0) is 5.41 Å². The number of hydrogen-bond donors (Lipinski definition) is 2. The molecule has 1 saturated heterocycles. The second kappa shape index (κ2) is 6.16. The fraction of sp³-hybridized carbons (Fsp3) is 0.381. The van der Waals surface area contributed by atoms with E-state index in [9.17, 15) is 9.90 Å². The van der Waals surface area contributed by atoms with Crippen molar-refractivity contribution in [1.29, 1.82) is 0 Å². The Kier molecular flexibility index (Phi) is 3.75. The van der Waals surface area contributed by atoms with Gasteiger partial charge in [0.2, 0.25) is 0 Å². The van der Waals surface area contributed by atoms with Crippen LogP contribution >= 0.6 is 0 Å². The average Bonchev–Trinajstić information content (AvgIpc) is 3.28. The molecule has 27 heavy (non-hydrogen) atoms. The molecule has 6 heteroatoms. The van der Waals surface area contributed by atoms with Gasteiger partial charge >= 0.3 is 5.97 Å². The molecule has 0 aromatic carbocycles. The predicted molar refractivity (Wildman–Crippen MR) is 102 cm³/mol. The van der Waals surface area contributed by atoms with Crippen molar-refractivity contribution in [2.45, 2.75) is 18.3 Å². The van der Waals surface area contributed by atoms with Gasteiger partial charge in [0.05, 0.1) is 16.9 Å². The van der Waals surface area contributed by atoms with Crippen molar-refractivity contribution < 1.29 is 9.90 Å². The van der Waals surface area contributed by atoms with Crippen LogP contribution in [0.5, 0.6) is 0 Å². The molecule has 1 aliphatic heterocycles. The van der Waals surface area contributed by atoms with Gasteiger partial charge in [-0.2, -0.15) is 0 Å². The minimum absolute atomic E-state index is 0.179. The number of nitrogens with zero attached hydrogens (tertiary/aromatic N) is 3. The molecular formula is C21H21N4O2. The van der Waals surface area contributed by atoms with E-state index in [1.54, 1.807) is 18.5 Å². The van der Waals surface area contributed by atoms with Gasteiger partial charge in [-0.05, 0) is 30.9 Å². The summed E-state index contributed by atoms with van der Waals surface area (Å²) in [5, 5.41) is 13.2. The fourth-order valence-electron chi connectivity index (χ4n) is 4.66. The van der Waals surface area contributed by atoms with Crippen LogP contribution in [0.1, 0.15) is 28.8 Å². The Morgan fingerprint density at radius 3 is 2.85 bits per heavy atom. The van der Waals surface area contributed by atoms with Gasteiger partial charge in [0, 0.05) is 55.1 Å². The van der Waals surface area contributed by atoms with E-state index in [4.69, 9.17) is 0 Å². The number of carboxylic acids is 1. The molecule has 1 radical (unpaired) electrons. The van der Waals surface area contributed by atoms with Crippen LogP contribution in [0.15, 0.2) is 36.7 Å². The Bertz CT molecular complexity index is 936. The zero-order chi connectivity index (χ0) is 18.4. The molecule has 3 aliphatic rings. The second-order valence-electron chi connectivity index (χ2n) is 7.52. The predicted octanol–water partition coefficient (Wildman–Crippen LogP) is 2.27. The first-order chi connectivity index (χ1) is 13.2. The van der Waals surface area contributed by atoms with E-state index in [2.05, 4.69) is 38.5 Å². The number of rotatable bonds is 4. The molecule has 6 nitrogen and oxygen atoms in total. The van der Waals surface area contributed by atoms with E-state index in [1.165, 1.54) is 0 Å². The third-order valence-electron chi connectivity index (χ3n) is 6.06. The quantitative estimate of drug-likeness (QED) is 0.814. The molecule has 3 heterocycles. The van der Waals surface area contributed by atoms with E-state index in [1.807, 2.05) is 6.07 Å². The van der Waals surface area contributed by atoms with Gasteiger partial charge in [0.15, 0.2) is 0 Å². The minimum atomic E-state index is -0.893. The highest BCUT2D eigenvalue weighted by atomic mass is 16.4. The molecule has 2 unspecified atom stereocenters. The van der Waals surface area contributed by atoms with Crippen molar-refractivity contribution >= 4 is 11.7 Å². The highest BCUT2D eigenvalue weighted by molar-refractivity contribution is 5.94. The zero-order valence-electron chi connectivity index (χ0n) is 15.0. The first-order valence-corrected chi connectivity index (χ1v) is 9.44. The van der Waals surface area contributed by atoms with E-state index >= 15 is 0 Å². The van der Waals surface area contributed by atoms with Crippen LogP contribution < -0.4 is 10.2 Å². The molecule has 1 saturated carbocycles. The highest BCUT2D eigenvalue weighted by Crippen LogP contribution is 2.63. The summed E-state index contributed by atoms with van der Waals surface area (Å²) in [6.45, 7) is 3.56. The highest BCUT2D eigenvalue weighted by Gasteiger charge is 2.57. The smallest absolute Gasteiger partial charge is 0.336 e. The largest absolute Gasteiger partial charge is 0.478 e. The number of carbonyl (C=O) groups is 1. The molecular weight excluding hydrogens is 340 g/mol. The van der Waals surface area contributed by atoms with E-state index in [0.29, 0.717) is 11.5 Å². The maximum absolute atomic E-state index is 12.0. The standard InChI is InChI=1S/C21H21N4O2/c26-20(27)16-4-7-24-19(18(16)21-5-1-2-14(21)12-21)15-3-6-23-13-17(15)25-10-8-22-9-11-25/h1,3-7,14,22H,2,8-12H2,(H,26,27). The first-order valence-electron chi connectivity index (χ1n) is 9.44. The van der Waals surface area contributed by atoms with Crippen molar-refractivity contribution in [3.05, 3.63) is 54.0 Å². The summed E-state index contributed by atoms with van der Waals surface area (Å²) in [4.78, 5) is 23.2. The van der Waals surface area contributed by atoms with Crippen molar-refractivity contribution in [3.8, 4) is 11.3 Å². The molecule has 2 aromatic rings. The number of aromatic carboxylic acids is 1. The van der Waals surface area contributed by atoms with Gasteiger partial charge in [0.25, 0.3) is 0 Å². The zero-order valence-corrected chi connectivity index (χ0v) is 15.0. The van der Waals surface area contributed by atoms with Crippen LogP contribution in [-0.4, -0.2) is 47.2 Å². The van der Waals surface area contributed by atoms with E-state index in [-0.39, 0.29) is 5.41 Å². The second-order valence-corrected chi connectivity index (χ2v) is 7.52. The van der Waals surface area contributed by atoms with Crippen molar-refractivity contribution in [2.24, 2.45) is 5.92 Å². The number of pyridine rings is 2. The van der Waals surface area contributed by atoms with E-state index in [0.717, 1.165) is 61.5 Å². The van der Waals surface area contributed by atoms with Crippen LogP contribution in [0, 0.1) is 12.1 Å². The molecule has 2 aliphatic carbocycles. The lowest BCUT2D eigenvalue weighted by Crippen LogP contribution is -2.43. The fourth-order valence-corrected chi connectivity index (χ4v) is 4.66. The Hall–Kier alpha value is -2.73. The monoisotopic (exact) mass is 361 g/mol. The van der Waals surface area contributed by atoms with Crippen LogP contribution in [0.3, 0.4) is 0 Å². The van der Waals surface area contributed by atoms with Gasteiger partial charge in [-0.3, -0.25) is 9.97 Å². The van der Waals surface area contributed by atoms with E-state index < -0.39 is 5.97 Å². The number of piperazine rings is 1. The van der Waals surface area contributed by atoms with Crippen LogP contribution in [0.2, 0.25) is 0 Å². The Morgan fingerprint density at radius 2 is 2.15 bits per heavy atom. The SMILES string of the molecule is O=C(O)c1ccnc(-c2ccn[c]c2N2CCNCC2)c1C12C=CCC1C2. The summed E-state index contributed by atoms with van der Waals surface area (Å²) < 4.78 is 0. The third-order valence-corrected chi connectivity index (χ3v) is 6.06. The summed E-state index contributed by atoms with van der Waals surface area (Å²) in [5.74, 6) is -0.400. The van der Waals surface area contributed by atoms with Gasteiger partial charge in [-0.1, -0.05) is 12.2 Å². The molecule has 2 fully saturated rings. The number of fused-ring (bicyclic) bond motifs is 1. The maximum Gasteiger partial charge on any atom is 0.336 e. The molecule has 0 bridgehead atoms. The van der Waals surface area contributed by atoms with Crippen LogP contribution in [0.4, 0.5) is 5.69 Å². The number of carboxylic acid groups (broad SMARTS) is 1. The van der Waals surface area contributed by atoms with Crippen LogP contribution in [0.25, 0.3) is 11.3 Å². The first kappa shape index (κ1) is 16.4. The molecule has 137 valence electrons. The topological polar surface area (TPSA) is 78.3 Å². The average molecular weight is 361 g/mol. The number of allylic oxidation sites excluding steroid dienone is 2. The van der Waals surface area contributed by atoms with Gasteiger partial charge < -0.3 is 15.3 Å². The Balaban J connectivity index is 1.70. The van der Waals surface area contributed by atoms with Crippen molar-refractivity contribution in [3.63, 3.8) is 0 Å². The lowest BCUT2D eigenvalue weighted by Gasteiger charge is -2.31. The lowest BCUT2D eigenvalue weighted by molar-refractivity contribution is 0.0695. The maximum atomic E-state index is 12.0. The number of anilines is 1. The summed E-state index contributed by atoms with van der Waals surface area (Å²) in [7, 11) is 0. The number of aromatic nitrogens is 2. The molecule has 2 atom stereocenters. The normalized spacial score (nSPS) is 26.1. The van der Waals surface area contributed by atoms with Gasteiger partial charge in [-0.25, -0.2) is 4.79 Å². The summed E-state index contributed by atoms with van der Waals surface area (Å²) in [5.41, 5.74) is 3.62. The van der Waals surface area contributed by atoms with Crippen molar-refractivity contribution in [1.82, 2.24) is 15.3 Å². The summed E-state index contributed by atoms with van der Waals surface area (Å²) >= 11 is 0. The number of nitrogens with one attached hydrogen (secondary N) is 1. The Morgan fingerprint density at radius 1 is 1.30 bits per heavy atom. The summed E-state index contributed by atoms with van der Waals surface area (Å²) in [6, 6.07) is 3.57.